The van der Waals surface area contributed by atoms with E-state index >= 15 is 0 Å². The van der Waals surface area contributed by atoms with Crippen LogP contribution in [0.2, 0.25) is 0 Å². The van der Waals surface area contributed by atoms with Crippen LogP contribution in [0.25, 0.3) is 0 Å². The minimum absolute atomic E-state index is 0.0692. The fourth-order valence-corrected chi connectivity index (χ4v) is 2.38. The molecule has 0 aliphatic heterocycles. The summed E-state index contributed by atoms with van der Waals surface area (Å²) in [6.07, 6.45) is 7.83. The first-order valence-corrected chi connectivity index (χ1v) is 7.62. The van der Waals surface area contributed by atoms with Crippen LogP contribution in [0, 0.1) is 0 Å². The largest absolute Gasteiger partial charge is 0.491 e. The second-order valence-electron chi connectivity index (χ2n) is 5.21. The number of ether oxygens (including phenoxy) is 1. The van der Waals surface area contributed by atoms with Gasteiger partial charge in [-0.3, -0.25) is 0 Å². The number of aliphatic hydroxyl groups excluding tert-OH is 1. The van der Waals surface area contributed by atoms with Crippen molar-refractivity contribution in [3.05, 3.63) is 29.8 Å². The molecule has 0 spiro atoms. The van der Waals surface area contributed by atoms with Gasteiger partial charge in [0, 0.05) is 0 Å². The van der Waals surface area contributed by atoms with E-state index in [2.05, 4.69) is 26.0 Å². The Hall–Kier alpha value is -1.02. The maximum atomic E-state index is 8.86. The van der Waals surface area contributed by atoms with E-state index in [4.69, 9.17) is 9.84 Å². The van der Waals surface area contributed by atoms with E-state index in [-0.39, 0.29) is 6.61 Å². The van der Waals surface area contributed by atoms with E-state index in [1.54, 1.807) is 0 Å². The molecular weight excluding hydrogens is 236 g/mol. The van der Waals surface area contributed by atoms with Crippen molar-refractivity contribution in [2.75, 3.05) is 13.2 Å². The van der Waals surface area contributed by atoms with Crippen LogP contribution in [0.5, 0.6) is 5.75 Å². The lowest BCUT2D eigenvalue weighted by atomic mass is 9.94. The SMILES string of the molecule is CCCCCCCC(C)c1ccccc1OCCO. The third-order valence-corrected chi connectivity index (χ3v) is 3.54. The standard InChI is InChI=1S/C17H28O2/c1-3-4-5-6-7-10-15(2)16-11-8-9-12-17(16)19-14-13-18/h8-9,11-12,15,18H,3-7,10,13-14H2,1-2H3. The highest BCUT2D eigenvalue weighted by Crippen LogP contribution is 2.30. The third-order valence-electron chi connectivity index (χ3n) is 3.54. The normalized spacial score (nSPS) is 12.4. The Morgan fingerprint density at radius 2 is 1.84 bits per heavy atom. The number of rotatable bonds is 10. The summed E-state index contributed by atoms with van der Waals surface area (Å²) in [5, 5.41) is 8.86. The molecular formula is C17H28O2. The number of hydrogen-bond acceptors (Lipinski definition) is 2. The molecule has 0 aliphatic rings. The quantitative estimate of drug-likeness (QED) is 0.629. The number of hydrogen-bond donors (Lipinski definition) is 1. The van der Waals surface area contributed by atoms with Gasteiger partial charge >= 0.3 is 0 Å². The van der Waals surface area contributed by atoms with Crippen molar-refractivity contribution in [3.8, 4) is 5.75 Å². The van der Waals surface area contributed by atoms with E-state index in [1.807, 2.05) is 12.1 Å². The summed E-state index contributed by atoms with van der Waals surface area (Å²) < 4.78 is 5.60. The van der Waals surface area contributed by atoms with Gasteiger partial charge in [-0.2, -0.15) is 0 Å². The molecule has 1 N–H and O–H groups in total. The van der Waals surface area contributed by atoms with Gasteiger partial charge in [0.1, 0.15) is 12.4 Å². The molecule has 0 bridgehead atoms. The second-order valence-corrected chi connectivity index (χ2v) is 5.21. The second kappa shape index (κ2) is 9.85. The van der Waals surface area contributed by atoms with Crippen molar-refractivity contribution in [3.63, 3.8) is 0 Å². The summed E-state index contributed by atoms with van der Waals surface area (Å²) in [6, 6.07) is 8.20. The van der Waals surface area contributed by atoms with Gasteiger partial charge in [0.2, 0.25) is 0 Å². The minimum Gasteiger partial charge on any atom is -0.491 e. The van der Waals surface area contributed by atoms with Gasteiger partial charge in [-0.15, -0.1) is 0 Å². The van der Waals surface area contributed by atoms with Crippen LogP contribution in [0.3, 0.4) is 0 Å². The van der Waals surface area contributed by atoms with Crippen molar-refractivity contribution in [2.24, 2.45) is 0 Å². The van der Waals surface area contributed by atoms with Gasteiger partial charge in [0.15, 0.2) is 0 Å². The van der Waals surface area contributed by atoms with Crippen molar-refractivity contribution < 1.29 is 9.84 Å². The van der Waals surface area contributed by atoms with Crippen LogP contribution >= 0.6 is 0 Å². The van der Waals surface area contributed by atoms with E-state index in [9.17, 15) is 0 Å². The van der Waals surface area contributed by atoms with Crippen molar-refractivity contribution in [1.82, 2.24) is 0 Å². The summed E-state index contributed by atoms with van der Waals surface area (Å²) >= 11 is 0. The molecule has 0 saturated carbocycles. The summed E-state index contributed by atoms with van der Waals surface area (Å²) in [5.74, 6) is 1.45. The van der Waals surface area contributed by atoms with Crippen LogP contribution in [-0.4, -0.2) is 18.3 Å². The molecule has 1 rings (SSSR count). The Labute approximate surface area is 117 Å². The summed E-state index contributed by atoms with van der Waals surface area (Å²) in [4.78, 5) is 0. The van der Waals surface area contributed by atoms with Crippen LogP contribution in [-0.2, 0) is 0 Å². The lowest BCUT2D eigenvalue weighted by Crippen LogP contribution is -2.05. The van der Waals surface area contributed by atoms with Crippen LogP contribution in [0.15, 0.2) is 24.3 Å². The molecule has 108 valence electrons. The highest BCUT2D eigenvalue weighted by atomic mass is 16.5. The van der Waals surface area contributed by atoms with Crippen molar-refractivity contribution >= 4 is 0 Å². The Morgan fingerprint density at radius 3 is 2.58 bits per heavy atom. The average molecular weight is 264 g/mol. The lowest BCUT2D eigenvalue weighted by molar-refractivity contribution is 0.199. The first-order valence-electron chi connectivity index (χ1n) is 7.62. The highest BCUT2D eigenvalue weighted by molar-refractivity contribution is 5.35. The zero-order valence-electron chi connectivity index (χ0n) is 12.4. The molecule has 1 aromatic carbocycles. The first kappa shape index (κ1) is 16.0. The van der Waals surface area contributed by atoms with E-state index in [1.165, 1.54) is 44.1 Å². The van der Waals surface area contributed by atoms with E-state index in [0.717, 1.165) is 5.75 Å². The van der Waals surface area contributed by atoms with Gasteiger partial charge in [-0.25, -0.2) is 0 Å². The maximum absolute atomic E-state index is 8.86. The molecule has 0 saturated heterocycles. The summed E-state index contributed by atoms with van der Waals surface area (Å²) in [5.41, 5.74) is 1.27. The van der Waals surface area contributed by atoms with Gasteiger partial charge < -0.3 is 9.84 Å². The van der Waals surface area contributed by atoms with Gasteiger partial charge in [-0.1, -0.05) is 64.2 Å². The van der Waals surface area contributed by atoms with Crippen molar-refractivity contribution in [2.45, 2.75) is 58.3 Å². The Balaban J connectivity index is 2.44. The third kappa shape index (κ3) is 6.11. The molecule has 0 fully saturated rings. The van der Waals surface area contributed by atoms with Crippen LogP contribution in [0.1, 0.15) is 63.9 Å². The van der Waals surface area contributed by atoms with E-state index < -0.39 is 0 Å². The fourth-order valence-electron chi connectivity index (χ4n) is 2.38. The number of benzene rings is 1. The lowest BCUT2D eigenvalue weighted by Gasteiger charge is -2.16. The molecule has 2 nitrogen and oxygen atoms in total. The molecule has 1 unspecified atom stereocenters. The monoisotopic (exact) mass is 264 g/mol. The summed E-state index contributed by atoms with van der Waals surface area (Å²) in [7, 11) is 0. The first-order chi connectivity index (χ1) is 9.29. The predicted molar refractivity (Wildman–Crippen MR) is 80.8 cm³/mol. The smallest absolute Gasteiger partial charge is 0.122 e. The Morgan fingerprint density at radius 1 is 1.11 bits per heavy atom. The van der Waals surface area contributed by atoms with Gasteiger partial charge in [0.05, 0.1) is 6.61 Å². The minimum atomic E-state index is 0.0692. The number of aliphatic hydroxyl groups is 1. The molecule has 0 aromatic heterocycles. The Kier molecular flexibility index (Phi) is 8.31. The molecule has 1 aromatic rings. The molecule has 0 radical (unpaired) electrons. The van der Waals surface area contributed by atoms with Crippen LogP contribution in [0.4, 0.5) is 0 Å². The molecule has 0 aliphatic carbocycles. The van der Waals surface area contributed by atoms with E-state index in [0.29, 0.717) is 12.5 Å². The highest BCUT2D eigenvalue weighted by Gasteiger charge is 2.10. The van der Waals surface area contributed by atoms with Gasteiger partial charge in [-0.05, 0) is 24.0 Å². The van der Waals surface area contributed by atoms with Crippen LogP contribution < -0.4 is 4.74 Å². The average Bonchev–Trinajstić information content (AvgIpc) is 2.45. The zero-order valence-corrected chi connectivity index (χ0v) is 12.4. The Bertz CT molecular complexity index is 336. The fraction of sp³-hybridized carbons (Fsp3) is 0.647. The molecule has 1 atom stereocenters. The summed E-state index contributed by atoms with van der Waals surface area (Å²) in [6.45, 7) is 4.96. The number of unbranched alkanes of at least 4 members (excludes halogenated alkanes) is 4. The predicted octanol–water partition coefficient (Wildman–Crippen LogP) is 4.52. The zero-order chi connectivity index (χ0) is 13.9. The molecule has 0 heterocycles. The molecule has 0 amide bonds. The van der Waals surface area contributed by atoms with Crippen molar-refractivity contribution in [1.29, 1.82) is 0 Å². The maximum Gasteiger partial charge on any atom is 0.122 e. The molecule has 19 heavy (non-hydrogen) atoms. The topological polar surface area (TPSA) is 29.5 Å². The molecule has 2 heteroatoms. The number of para-hydroxylation sites is 1. The van der Waals surface area contributed by atoms with Gasteiger partial charge in [0.25, 0.3) is 0 Å².